The second kappa shape index (κ2) is 11.7. The zero-order chi connectivity index (χ0) is 24.8. The molecule has 2 heterocycles. The number of hydrogen-bond donors (Lipinski definition) is 3. The van der Waals surface area contributed by atoms with Crippen molar-refractivity contribution in [3.63, 3.8) is 0 Å². The molecule has 1 fully saturated rings. The smallest absolute Gasteiger partial charge is 0.229 e. The van der Waals surface area contributed by atoms with Crippen molar-refractivity contribution in [3.05, 3.63) is 64.8 Å². The van der Waals surface area contributed by atoms with E-state index in [1.165, 1.54) is 0 Å². The Bertz CT molecular complexity index is 1140. The van der Waals surface area contributed by atoms with E-state index in [0.717, 1.165) is 60.9 Å². The van der Waals surface area contributed by atoms with Crippen molar-refractivity contribution in [1.29, 1.82) is 0 Å². The Morgan fingerprint density at radius 3 is 2.71 bits per heavy atom. The molecule has 8 heteroatoms. The maximum Gasteiger partial charge on any atom is 0.229 e. The van der Waals surface area contributed by atoms with E-state index < -0.39 is 0 Å². The molecule has 1 aliphatic rings. The molecule has 3 aromatic rings. The van der Waals surface area contributed by atoms with Gasteiger partial charge in [-0.3, -0.25) is 4.90 Å². The number of nitrogens with one attached hydrogen (secondary N) is 3. The molecule has 1 atom stereocenters. The lowest BCUT2D eigenvalue weighted by Gasteiger charge is -2.17. The summed E-state index contributed by atoms with van der Waals surface area (Å²) in [6.07, 6.45) is 2.93. The predicted octanol–water partition coefficient (Wildman–Crippen LogP) is 5.90. The fourth-order valence-corrected chi connectivity index (χ4v) is 4.23. The van der Waals surface area contributed by atoms with Gasteiger partial charge in [0.1, 0.15) is 16.9 Å². The normalized spacial score (nSPS) is 16.0. The SMILES string of the molecule is CCN1CCC(Oc2ccc(Nc3ncc(Cl)c(Nc4ccccc4CNC(C)C)n3)c(C)c2)C1. The molecule has 35 heavy (non-hydrogen) atoms. The Hall–Kier alpha value is -2.87. The number of para-hydroxylation sites is 1. The van der Waals surface area contributed by atoms with Crippen LogP contribution in [0.1, 0.15) is 38.3 Å². The lowest BCUT2D eigenvalue weighted by Crippen LogP contribution is -2.24. The number of likely N-dealkylation sites (N-methyl/N-ethyl adjacent to an activating group) is 1. The van der Waals surface area contributed by atoms with Crippen LogP contribution < -0.4 is 20.7 Å². The number of benzene rings is 2. The molecule has 3 N–H and O–H groups in total. The first kappa shape index (κ1) is 25.2. The Kier molecular flexibility index (Phi) is 8.44. The zero-order valence-corrected chi connectivity index (χ0v) is 21.7. The van der Waals surface area contributed by atoms with Gasteiger partial charge in [-0.15, -0.1) is 0 Å². The van der Waals surface area contributed by atoms with Gasteiger partial charge in [0.05, 0.1) is 6.20 Å². The number of anilines is 4. The van der Waals surface area contributed by atoms with Crippen molar-refractivity contribution in [2.75, 3.05) is 30.3 Å². The first-order valence-electron chi connectivity index (χ1n) is 12.3. The second-order valence-electron chi connectivity index (χ2n) is 9.23. The van der Waals surface area contributed by atoms with Gasteiger partial charge >= 0.3 is 0 Å². The third-order valence-electron chi connectivity index (χ3n) is 6.14. The number of hydrogen-bond acceptors (Lipinski definition) is 7. The van der Waals surface area contributed by atoms with E-state index in [1.807, 2.05) is 30.3 Å². The highest BCUT2D eigenvalue weighted by Gasteiger charge is 2.22. The van der Waals surface area contributed by atoms with Crippen molar-refractivity contribution in [3.8, 4) is 5.75 Å². The molecule has 0 saturated carbocycles. The van der Waals surface area contributed by atoms with E-state index >= 15 is 0 Å². The minimum absolute atomic E-state index is 0.250. The van der Waals surface area contributed by atoms with Gasteiger partial charge in [-0.1, -0.05) is 50.6 Å². The molecular weight excluding hydrogens is 460 g/mol. The van der Waals surface area contributed by atoms with E-state index in [0.29, 0.717) is 22.8 Å². The summed E-state index contributed by atoms with van der Waals surface area (Å²) in [4.78, 5) is 11.4. The van der Waals surface area contributed by atoms with Gasteiger partial charge in [-0.05, 0) is 55.3 Å². The van der Waals surface area contributed by atoms with Crippen molar-refractivity contribution in [1.82, 2.24) is 20.2 Å². The van der Waals surface area contributed by atoms with Gasteiger partial charge in [-0.25, -0.2) is 4.98 Å². The number of rotatable bonds is 10. The van der Waals surface area contributed by atoms with Crippen LogP contribution in [-0.4, -0.2) is 46.6 Å². The Morgan fingerprint density at radius 1 is 1.14 bits per heavy atom. The summed E-state index contributed by atoms with van der Waals surface area (Å²) in [6, 6.07) is 14.6. The van der Waals surface area contributed by atoms with Crippen LogP contribution in [0.15, 0.2) is 48.7 Å². The summed E-state index contributed by atoms with van der Waals surface area (Å²) in [5.74, 6) is 1.92. The molecular formula is C27H35ClN6O. The van der Waals surface area contributed by atoms with Crippen molar-refractivity contribution in [2.24, 2.45) is 0 Å². The fraction of sp³-hybridized carbons (Fsp3) is 0.407. The molecule has 0 amide bonds. The van der Waals surface area contributed by atoms with Crippen LogP contribution >= 0.6 is 11.6 Å². The monoisotopic (exact) mass is 494 g/mol. The van der Waals surface area contributed by atoms with E-state index in [1.54, 1.807) is 6.20 Å². The lowest BCUT2D eigenvalue weighted by molar-refractivity contribution is 0.202. The highest BCUT2D eigenvalue weighted by atomic mass is 35.5. The maximum atomic E-state index is 6.43. The van der Waals surface area contributed by atoms with Gasteiger partial charge in [0.25, 0.3) is 0 Å². The van der Waals surface area contributed by atoms with Gasteiger partial charge in [0, 0.05) is 37.1 Å². The molecule has 7 nitrogen and oxygen atoms in total. The number of ether oxygens (including phenoxy) is 1. The summed E-state index contributed by atoms with van der Waals surface area (Å²) in [5, 5.41) is 10.6. The highest BCUT2D eigenvalue weighted by molar-refractivity contribution is 6.32. The van der Waals surface area contributed by atoms with Crippen molar-refractivity contribution >= 4 is 34.7 Å². The molecule has 0 radical (unpaired) electrons. The summed E-state index contributed by atoms with van der Waals surface area (Å²) in [6.45, 7) is 12.4. The third-order valence-corrected chi connectivity index (χ3v) is 6.42. The average Bonchev–Trinajstić information content (AvgIpc) is 3.30. The topological polar surface area (TPSA) is 74.3 Å². The number of likely N-dealkylation sites (tertiary alicyclic amines) is 1. The van der Waals surface area contributed by atoms with Crippen LogP contribution in [-0.2, 0) is 6.54 Å². The largest absolute Gasteiger partial charge is 0.489 e. The second-order valence-corrected chi connectivity index (χ2v) is 9.64. The van der Waals surface area contributed by atoms with E-state index in [4.69, 9.17) is 16.3 Å². The van der Waals surface area contributed by atoms with Crippen LogP contribution in [0, 0.1) is 6.92 Å². The molecule has 1 aliphatic heterocycles. The predicted molar refractivity (Wildman–Crippen MR) is 144 cm³/mol. The molecule has 0 spiro atoms. The summed E-state index contributed by atoms with van der Waals surface area (Å²) >= 11 is 6.43. The van der Waals surface area contributed by atoms with E-state index in [-0.39, 0.29) is 6.10 Å². The molecule has 186 valence electrons. The number of halogens is 1. The summed E-state index contributed by atoms with van der Waals surface area (Å²) in [5.41, 5.74) is 4.08. The molecule has 0 bridgehead atoms. The van der Waals surface area contributed by atoms with Gasteiger partial charge in [0.15, 0.2) is 5.82 Å². The Balaban J connectivity index is 1.45. The molecule has 4 rings (SSSR count). The van der Waals surface area contributed by atoms with Gasteiger partial charge in [-0.2, -0.15) is 4.98 Å². The fourth-order valence-electron chi connectivity index (χ4n) is 4.10. The maximum absolute atomic E-state index is 6.43. The average molecular weight is 495 g/mol. The number of nitrogens with zero attached hydrogens (tertiary/aromatic N) is 3. The van der Waals surface area contributed by atoms with Crippen LogP contribution in [0.4, 0.5) is 23.1 Å². The van der Waals surface area contributed by atoms with Gasteiger partial charge < -0.3 is 20.7 Å². The minimum Gasteiger partial charge on any atom is -0.489 e. The minimum atomic E-state index is 0.250. The third kappa shape index (κ3) is 6.84. The molecule has 0 aliphatic carbocycles. The van der Waals surface area contributed by atoms with Crippen LogP contribution in [0.2, 0.25) is 5.02 Å². The van der Waals surface area contributed by atoms with E-state index in [2.05, 4.69) is 70.6 Å². The zero-order valence-electron chi connectivity index (χ0n) is 20.9. The Morgan fingerprint density at radius 2 is 1.97 bits per heavy atom. The van der Waals surface area contributed by atoms with Gasteiger partial charge in [0.2, 0.25) is 5.95 Å². The molecule has 1 aromatic heterocycles. The van der Waals surface area contributed by atoms with Crippen molar-refractivity contribution in [2.45, 2.75) is 52.8 Å². The quantitative estimate of drug-likeness (QED) is 0.324. The standard InChI is InChI=1S/C27H35ClN6O/c1-5-34-13-12-22(17-34)35-21-10-11-24(19(4)14-21)32-27-30-16-23(28)26(33-27)31-25-9-7-6-8-20(25)15-29-18(2)3/h6-11,14,16,18,22,29H,5,12-13,15,17H2,1-4H3,(H2,30,31,32,33). The van der Waals surface area contributed by atoms with Crippen LogP contribution in [0.3, 0.4) is 0 Å². The molecule has 1 unspecified atom stereocenters. The highest BCUT2D eigenvalue weighted by Crippen LogP contribution is 2.29. The first-order chi connectivity index (χ1) is 16.9. The number of aryl methyl sites for hydroxylation is 1. The Labute approximate surface area is 213 Å². The number of aromatic nitrogens is 2. The molecule has 1 saturated heterocycles. The summed E-state index contributed by atoms with van der Waals surface area (Å²) in [7, 11) is 0. The first-order valence-corrected chi connectivity index (χ1v) is 12.7. The summed E-state index contributed by atoms with van der Waals surface area (Å²) < 4.78 is 6.21. The van der Waals surface area contributed by atoms with Crippen molar-refractivity contribution < 1.29 is 4.74 Å². The van der Waals surface area contributed by atoms with Crippen LogP contribution in [0.25, 0.3) is 0 Å². The van der Waals surface area contributed by atoms with Crippen LogP contribution in [0.5, 0.6) is 5.75 Å². The lowest BCUT2D eigenvalue weighted by atomic mass is 10.1. The molecule has 2 aromatic carbocycles. The van der Waals surface area contributed by atoms with E-state index in [9.17, 15) is 0 Å².